The quantitative estimate of drug-likeness (QED) is 0.464. The maximum absolute atomic E-state index is 13.3. The molecule has 4 rings (SSSR count). The number of methoxy groups -OCH3 is 1. The standard InChI is InChI=1S/C24H21ClN4O2/c1-31-16-21-23(27-28-29(21)20-14-12-19(25)13-15-20)24(30)26-22(17-8-4-2-5-9-17)18-10-6-3-7-11-18/h2-15,22H,16H2,1H3,(H,26,30). The van der Waals surface area contributed by atoms with Crippen molar-refractivity contribution in [1.29, 1.82) is 0 Å². The first-order valence-corrected chi connectivity index (χ1v) is 10.2. The number of hydrogen-bond acceptors (Lipinski definition) is 4. The van der Waals surface area contributed by atoms with Gasteiger partial charge in [0.25, 0.3) is 5.91 Å². The van der Waals surface area contributed by atoms with Crippen LogP contribution in [-0.2, 0) is 11.3 Å². The molecule has 1 N–H and O–H groups in total. The number of nitrogens with one attached hydrogen (secondary N) is 1. The van der Waals surface area contributed by atoms with E-state index in [2.05, 4.69) is 15.6 Å². The zero-order valence-electron chi connectivity index (χ0n) is 16.9. The molecule has 1 amide bonds. The van der Waals surface area contributed by atoms with E-state index in [0.29, 0.717) is 10.7 Å². The van der Waals surface area contributed by atoms with Crippen molar-refractivity contribution in [2.45, 2.75) is 12.6 Å². The number of aromatic nitrogens is 3. The first kappa shape index (κ1) is 20.8. The van der Waals surface area contributed by atoms with E-state index in [0.717, 1.165) is 16.8 Å². The fourth-order valence-corrected chi connectivity index (χ4v) is 3.51. The average Bonchev–Trinajstić information content (AvgIpc) is 3.23. The first-order valence-electron chi connectivity index (χ1n) is 9.77. The van der Waals surface area contributed by atoms with Crippen molar-refractivity contribution in [1.82, 2.24) is 20.3 Å². The highest BCUT2D eigenvalue weighted by molar-refractivity contribution is 6.30. The predicted octanol–water partition coefficient (Wildman–Crippen LogP) is 4.59. The number of nitrogens with zero attached hydrogens (tertiary/aromatic N) is 3. The average molecular weight is 433 g/mol. The highest BCUT2D eigenvalue weighted by Gasteiger charge is 2.24. The smallest absolute Gasteiger partial charge is 0.274 e. The summed E-state index contributed by atoms with van der Waals surface area (Å²) in [5.41, 5.74) is 3.46. The van der Waals surface area contributed by atoms with Gasteiger partial charge in [-0.1, -0.05) is 77.5 Å². The van der Waals surface area contributed by atoms with Crippen molar-refractivity contribution < 1.29 is 9.53 Å². The Bertz CT molecular complexity index is 1110. The summed E-state index contributed by atoms with van der Waals surface area (Å²) in [6, 6.07) is 26.4. The number of rotatable bonds is 7. The summed E-state index contributed by atoms with van der Waals surface area (Å²) in [6.45, 7) is 0.180. The van der Waals surface area contributed by atoms with Crippen LogP contribution in [0, 0.1) is 0 Å². The number of halogens is 1. The second kappa shape index (κ2) is 9.55. The van der Waals surface area contributed by atoms with Crippen LogP contribution in [0.4, 0.5) is 0 Å². The molecule has 0 saturated carbocycles. The van der Waals surface area contributed by atoms with Gasteiger partial charge in [0.2, 0.25) is 0 Å². The molecule has 0 unspecified atom stereocenters. The van der Waals surface area contributed by atoms with Crippen LogP contribution in [0.1, 0.15) is 33.4 Å². The molecule has 0 fully saturated rings. The molecule has 4 aromatic rings. The summed E-state index contributed by atoms with van der Waals surface area (Å²) in [5, 5.41) is 12.1. The molecule has 31 heavy (non-hydrogen) atoms. The monoisotopic (exact) mass is 432 g/mol. The molecule has 1 aromatic heterocycles. The molecule has 7 heteroatoms. The number of hydrogen-bond donors (Lipinski definition) is 1. The summed E-state index contributed by atoms with van der Waals surface area (Å²) < 4.78 is 6.92. The summed E-state index contributed by atoms with van der Waals surface area (Å²) in [7, 11) is 1.57. The van der Waals surface area contributed by atoms with E-state index in [1.807, 2.05) is 72.8 Å². The van der Waals surface area contributed by atoms with Crippen molar-refractivity contribution in [3.63, 3.8) is 0 Å². The van der Waals surface area contributed by atoms with Crippen LogP contribution in [0.5, 0.6) is 0 Å². The highest BCUT2D eigenvalue weighted by Crippen LogP contribution is 2.23. The first-order chi connectivity index (χ1) is 15.2. The third kappa shape index (κ3) is 4.66. The van der Waals surface area contributed by atoms with Crippen molar-refractivity contribution in [2.75, 3.05) is 7.11 Å². The molecule has 0 atom stereocenters. The van der Waals surface area contributed by atoms with Gasteiger partial charge in [-0.15, -0.1) is 5.10 Å². The van der Waals surface area contributed by atoms with E-state index in [-0.39, 0.29) is 24.2 Å². The van der Waals surface area contributed by atoms with Gasteiger partial charge in [-0.3, -0.25) is 4.79 Å². The van der Waals surface area contributed by atoms with Crippen molar-refractivity contribution in [3.05, 3.63) is 112 Å². The van der Waals surface area contributed by atoms with Crippen LogP contribution in [0.15, 0.2) is 84.9 Å². The van der Waals surface area contributed by atoms with E-state index in [1.54, 1.807) is 23.9 Å². The van der Waals surface area contributed by atoms with Crippen LogP contribution < -0.4 is 5.32 Å². The lowest BCUT2D eigenvalue weighted by Gasteiger charge is -2.19. The predicted molar refractivity (Wildman–Crippen MR) is 119 cm³/mol. The van der Waals surface area contributed by atoms with Gasteiger partial charge < -0.3 is 10.1 Å². The third-order valence-electron chi connectivity index (χ3n) is 4.87. The molecule has 0 spiro atoms. The molecule has 0 saturated heterocycles. The van der Waals surface area contributed by atoms with E-state index in [9.17, 15) is 4.79 Å². The lowest BCUT2D eigenvalue weighted by Crippen LogP contribution is -2.30. The van der Waals surface area contributed by atoms with Gasteiger partial charge in [0, 0.05) is 12.1 Å². The van der Waals surface area contributed by atoms with E-state index >= 15 is 0 Å². The van der Waals surface area contributed by atoms with Gasteiger partial charge >= 0.3 is 0 Å². The minimum Gasteiger partial charge on any atom is -0.378 e. The van der Waals surface area contributed by atoms with Gasteiger partial charge in [-0.25, -0.2) is 4.68 Å². The molecule has 0 radical (unpaired) electrons. The Morgan fingerprint density at radius 1 is 0.968 bits per heavy atom. The van der Waals surface area contributed by atoms with Crippen molar-refractivity contribution in [3.8, 4) is 5.69 Å². The molecule has 0 aliphatic carbocycles. The summed E-state index contributed by atoms with van der Waals surface area (Å²) in [4.78, 5) is 13.3. The molecule has 1 heterocycles. The molecule has 156 valence electrons. The maximum Gasteiger partial charge on any atom is 0.274 e. The topological polar surface area (TPSA) is 69.0 Å². The molecular formula is C24H21ClN4O2. The van der Waals surface area contributed by atoms with Crippen LogP contribution in [0.25, 0.3) is 5.69 Å². The third-order valence-corrected chi connectivity index (χ3v) is 5.12. The molecule has 0 bridgehead atoms. The fraction of sp³-hybridized carbons (Fsp3) is 0.125. The number of carbonyl (C=O) groups is 1. The Morgan fingerprint density at radius 3 is 2.10 bits per heavy atom. The Morgan fingerprint density at radius 2 is 1.55 bits per heavy atom. The van der Waals surface area contributed by atoms with Gasteiger partial charge in [0.1, 0.15) is 5.69 Å². The SMILES string of the molecule is COCc1c(C(=O)NC(c2ccccc2)c2ccccc2)nnn1-c1ccc(Cl)cc1. The Hall–Kier alpha value is -3.48. The zero-order valence-corrected chi connectivity index (χ0v) is 17.7. The second-order valence-electron chi connectivity index (χ2n) is 6.93. The number of amides is 1. The van der Waals surface area contributed by atoms with Gasteiger partial charge in [0.15, 0.2) is 5.69 Å². The van der Waals surface area contributed by atoms with E-state index in [4.69, 9.17) is 16.3 Å². The molecular weight excluding hydrogens is 412 g/mol. The molecule has 3 aromatic carbocycles. The Labute approximate surface area is 185 Å². The van der Waals surface area contributed by atoms with Crippen molar-refractivity contribution in [2.24, 2.45) is 0 Å². The highest BCUT2D eigenvalue weighted by atomic mass is 35.5. The van der Waals surface area contributed by atoms with Crippen LogP contribution >= 0.6 is 11.6 Å². The summed E-state index contributed by atoms with van der Waals surface area (Å²) >= 11 is 6.00. The van der Waals surface area contributed by atoms with Gasteiger partial charge in [-0.2, -0.15) is 0 Å². The van der Waals surface area contributed by atoms with Crippen LogP contribution in [0.3, 0.4) is 0 Å². The van der Waals surface area contributed by atoms with Crippen molar-refractivity contribution >= 4 is 17.5 Å². The molecule has 0 aliphatic rings. The van der Waals surface area contributed by atoms with E-state index < -0.39 is 0 Å². The largest absolute Gasteiger partial charge is 0.378 e. The summed E-state index contributed by atoms with van der Waals surface area (Å²) in [6.07, 6.45) is 0. The summed E-state index contributed by atoms with van der Waals surface area (Å²) in [5.74, 6) is -0.329. The second-order valence-corrected chi connectivity index (χ2v) is 7.37. The molecule has 6 nitrogen and oxygen atoms in total. The minimum absolute atomic E-state index is 0.180. The lowest BCUT2D eigenvalue weighted by atomic mass is 9.98. The number of ether oxygens (including phenoxy) is 1. The zero-order chi connectivity index (χ0) is 21.6. The van der Waals surface area contributed by atoms with Gasteiger partial charge in [0.05, 0.1) is 18.3 Å². The van der Waals surface area contributed by atoms with Gasteiger partial charge in [-0.05, 0) is 35.4 Å². The fourth-order valence-electron chi connectivity index (χ4n) is 3.38. The minimum atomic E-state index is -0.329. The number of benzene rings is 3. The lowest BCUT2D eigenvalue weighted by molar-refractivity contribution is 0.0932. The Balaban J connectivity index is 1.69. The van der Waals surface area contributed by atoms with Crippen LogP contribution in [-0.4, -0.2) is 28.0 Å². The maximum atomic E-state index is 13.3. The number of carbonyl (C=O) groups excluding carboxylic acids is 1. The Kier molecular flexibility index (Phi) is 6.40. The van der Waals surface area contributed by atoms with Crippen LogP contribution in [0.2, 0.25) is 5.02 Å². The van der Waals surface area contributed by atoms with E-state index in [1.165, 1.54) is 0 Å². The normalized spacial score (nSPS) is 10.9. The molecule has 0 aliphatic heterocycles.